The average molecular weight is 407 g/mol. The smallest absolute Gasteiger partial charge is 0.385 e. The van der Waals surface area contributed by atoms with Gasteiger partial charge in [0.05, 0.1) is 0 Å². The molecule has 13 heteroatoms. The molecule has 5 rings (SSSR count). The third kappa shape index (κ3) is 2.95. The van der Waals surface area contributed by atoms with Crippen LogP contribution in [0.3, 0.4) is 0 Å². The number of nitrogen functional groups attached to an aromatic ring is 1. The van der Waals surface area contributed by atoms with E-state index in [1.165, 1.54) is 6.33 Å². The number of aliphatic hydroxyl groups is 1. The van der Waals surface area contributed by atoms with Gasteiger partial charge < -0.3 is 20.5 Å². The van der Waals surface area contributed by atoms with Crippen LogP contribution >= 0.6 is 7.82 Å². The Labute approximate surface area is 162 Å². The van der Waals surface area contributed by atoms with E-state index in [9.17, 15) is 10.00 Å². The van der Waals surface area contributed by atoms with E-state index in [1.807, 2.05) is 0 Å². The largest absolute Gasteiger partial charge is 0.488 e. The number of aromatic nitrogens is 4. The van der Waals surface area contributed by atoms with E-state index in [0.29, 0.717) is 17.1 Å². The quantitative estimate of drug-likeness (QED) is 0.457. The zero-order valence-corrected chi connectivity index (χ0v) is 16.0. The van der Waals surface area contributed by atoms with Crippen LogP contribution in [0.5, 0.6) is 0 Å². The van der Waals surface area contributed by atoms with Gasteiger partial charge >= 0.3 is 15.4 Å². The number of hydrogen-bond donors (Lipinski definition) is 3. The molecule has 2 radical (unpaired) electrons. The molecule has 3 aliphatic heterocycles. The lowest BCUT2D eigenvalue weighted by Gasteiger charge is -2.30. The number of ether oxygens (including phenoxy) is 1. The highest BCUT2D eigenvalue weighted by atomic mass is 31.2. The maximum Gasteiger partial charge on any atom is 0.488 e. The number of aliphatic hydroxyl groups excluding tert-OH is 1. The molecule has 0 amide bonds. The van der Waals surface area contributed by atoms with Gasteiger partial charge in [-0.25, -0.2) is 19.8 Å². The molecule has 5 atom stereocenters. The van der Waals surface area contributed by atoms with Gasteiger partial charge in [-0.05, 0) is 19.3 Å². The minimum Gasteiger partial charge on any atom is -0.385 e. The number of rotatable bonds is 2. The Bertz CT molecular complexity index is 893. The molecule has 0 spiro atoms. The number of anilines is 2. The van der Waals surface area contributed by atoms with Crippen molar-refractivity contribution < 1.29 is 23.8 Å². The molecule has 148 valence electrons. The second-order valence-electron chi connectivity index (χ2n) is 7.25. The first-order valence-electron chi connectivity index (χ1n) is 9.25. The van der Waals surface area contributed by atoms with Crippen molar-refractivity contribution in [2.75, 3.05) is 30.3 Å². The lowest BCUT2D eigenvalue weighted by molar-refractivity contribution is -0.0599. The minimum atomic E-state index is -3.46. The lowest BCUT2D eigenvalue weighted by Crippen LogP contribution is -2.40. The summed E-state index contributed by atoms with van der Waals surface area (Å²) >= 11 is 0. The van der Waals surface area contributed by atoms with Crippen molar-refractivity contribution in [3.05, 3.63) is 6.33 Å². The number of nitrogens with zero attached hydrogens (tertiary/aromatic N) is 5. The number of imidazole rings is 1. The molecular weight excluding hydrogens is 386 g/mol. The standard InChI is InChI=1S/C15H21BN6O5P/c16-28(24)25-6-8-11(27-28)10(23)14(26-8)22-13-9(12(17)18-7-19-13)20-15(22)21-4-2-1-3-5-21/h7-8,10-11,14,23-24H,1-6H2,(H2,17,18,19)/q+1/t8-,10?,11-,14-,28?/m1/s1. The van der Waals surface area contributed by atoms with Gasteiger partial charge in [-0.2, -0.15) is 9.05 Å². The van der Waals surface area contributed by atoms with E-state index in [-0.39, 0.29) is 12.4 Å². The maximum atomic E-state index is 10.9. The second kappa shape index (κ2) is 6.75. The first-order chi connectivity index (χ1) is 13.4. The van der Waals surface area contributed by atoms with Crippen LogP contribution in [0.2, 0.25) is 0 Å². The fraction of sp³-hybridized carbons (Fsp3) is 0.667. The Morgan fingerprint density at radius 3 is 2.82 bits per heavy atom. The first-order valence-corrected chi connectivity index (χ1v) is 10.9. The third-order valence-electron chi connectivity index (χ3n) is 5.39. The Morgan fingerprint density at radius 2 is 2.04 bits per heavy atom. The van der Waals surface area contributed by atoms with E-state index in [1.54, 1.807) is 4.57 Å². The maximum absolute atomic E-state index is 10.9. The van der Waals surface area contributed by atoms with Crippen molar-refractivity contribution in [2.24, 2.45) is 0 Å². The Balaban J connectivity index is 1.59. The molecular formula is C15H21BN6O5P+. The normalized spacial score (nSPS) is 36.0. The van der Waals surface area contributed by atoms with Crippen LogP contribution < -0.4 is 10.6 Å². The van der Waals surface area contributed by atoms with Crippen molar-refractivity contribution in [3.8, 4) is 0 Å². The summed E-state index contributed by atoms with van der Waals surface area (Å²) < 4.78 is 18.3. The van der Waals surface area contributed by atoms with Gasteiger partial charge in [-0.3, -0.25) is 4.57 Å². The van der Waals surface area contributed by atoms with Crippen LogP contribution in [-0.4, -0.2) is 75.1 Å². The molecule has 2 unspecified atom stereocenters. The summed E-state index contributed by atoms with van der Waals surface area (Å²) in [6.07, 6.45) is 1.29. The predicted molar refractivity (Wildman–Crippen MR) is 101 cm³/mol. The fourth-order valence-electron chi connectivity index (χ4n) is 4.05. The second-order valence-corrected chi connectivity index (χ2v) is 8.84. The molecule has 4 N–H and O–H groups in total. The highest BCUT2D eigenvalue weighted by Gasteiger charge is 2.57. The summed E-state index contributed by atoms with van der Waals surface area (Å²) in [5.41, 5.74) is 6.93. The van der Waals surface area contributed by atoms with Crippen LogP contribution in [-0.2, 0) is 13.8 Å². The van der Waals surface area contributed by atoms with Gasteiger partial charge in [0.25, 0.3) is 0 Å². The van der Waals surface area contributed by atoms with Crippen LogP contribution in [0.1, 0.15) is 25.5 Å². The van der Waals surface area contributed by atoms with Crippen molar-refractivity contribution in [3.63, 3.8) is 0 Å². The third-order valence-corrected chi connectivity index (χ3v) is 6.45. The average Bonchev–Trinajstić information content (AvgIpc) is 3.21. The Morgan fingerprint density at radius 1 is 1.25 bits per heavy atom. The van der Waals surface area contributed by atoms with Gasteiger partial charge in [0.15, 0.2) is 29.3 Å². The molecule has 3 aliphatic rings. The molecule has 0 aromatic carbocycles. The number of hydrogen-bond acceptors (Lipinski definition) is 10. The van der Waals surface area contributed by atoms with E-state index >= 15 is 0 Å². The highest BCUT2D eigenvalue weighted by Crippen LogP contribution is 2.58. The van der Waals surface area contributed by atoms with E-state index in [4.69, 9.17) is 27.1 Å². The topological polar surface area (TPSA) is 141 Å². The van der Waals surface area contributed by atoms with Crippen molar-refractivity contribution in [1.29, 1.82) is 0 Å². The van der Waals surface area contributed by atoms with E-state index < -0.39 is 32.4 Å². The molecule has 3 fully saturated rings. The molecule has 5 heterocycles. The zero-order chi connectivity index (χ0) is 19.5. The molecule has 0 bridgehead atoms. The molecule has 28 heavy (non-hydrogen) atoms. The Kier molecular flexibility index (Phi) is 4.46. The van der Waals surface area contributed by atoms with Gasteiger partial charge in [0.1, 0.15) is 25.1 Å². The minimum absolute atomic E-state index is 0.0296. The van der Waals surface area contributed by atoms with Gasteiger partial charge in [-0.1, -0.05) is 0 Å². The predicted octanol–water partition coefficient (Wildman–Crippen LogP) is -0.0891. The molecule has 2 aromatic rings. The van der Waals surface area contributed by atoms with E-state index in [0.717, 1.165) is 32.4 Å². The van der Waals surface area contributed by atoms with Crippen LogP contribution in [0, 0.1) is 0 Å². The van der Waals surface area contributed by atoms with Gasteiger partial charge in [-0.15, -0.1) is 0 Å². The zero-order valence-electron chi connectivity index (χ0n) is 15.1. The highest BCUT2D eigenvalue weighted by molar-refractivity contribution is 7.85. The summed E-state index contributed by atoms with van der Waals surface area (Å²) in [5.74, 6) is 0.872. The van der Waals surface area contributed by atoms with Crippen LogP contribution in [0.25, 0.3) is 11.2 Å². The molecule has 11 nitrogen and oxygen atoms in total. The molecule has 2 aromatic heterocycles. The monoisotopic (exact) mass is 407 g/mol. The summed E-state index contributed by atoms with van der Waals surface area (Å²) in [5, 5.41) is 10.9. The molecule has 0 aliphatic carbocycles. The van der Waals surface area contributed by atoms with Gasteiger partial charge in [0, 0.05) is 13.1 Å². The van der Waals surface area contributed by atoms with Crippen LogP contribution in [0.15, 0.2) is 6.33 Å². The van der Waals surface area contributed by atoms with Crippen molar-refractivity contribution in [1.82, 2.24) is 19.5 Å². The van der Waals surface area contributed by atoms with Crippen molar-refractivity contribution in [2.45, 2.75) is 43.8 Å². The lowest BCUT2D eigenvalue weighted by atomic mass is 10.1. The fourth-order valence-corrected chi connectivity index (χ4v) is 5.08. The van der Waals surface area contributed by atoms with Crippen molar-refractivity contribution >= 4 is 38.3 Å². The summed E-state index contributed by atoms with van der Waals surface area (Å²) in [7, 11) is 2.15. The SMILES string of the molecule is [B][P+]1(O)OC[C@H]2O[C@@H](n3c(N4CCCCC4)nc4c(N)ncnc43)C(O)[C@@H]2O1. The van der Waals surface area contributed by atoms with E-state index in [2.05, 4.69) is 19.9 Å². The van der Waals surface area contributed by atoms with Crippen LogP contribution in [0.4, 0.5) is 11.8 Å². The Hall–Kier alpha value is -1.56. The van der Waals surface area contributed by atoms with Gasteiger partial charge in [0.2, 0.25) is 5.95 Å². The summed E-state index contributed by atoms with van der Waals surface area (Å²) in [4.78, 5) is 25.1. The number of piperidine rings is 1. The number of nitrogens with two attached hydrogens (primary N) is 1. The molecule has 0 saturated carbocycles. The molecule has 3 saturated heterocycles. The summed E-state index contributed by atoms with van der Waals surface area (Å²) in [6, 6.07) is 0. The summed E-state index contributed by atoms with van der Waals surface area (Å²) in [6.45, 7) is 1.70. The number of fused-ring (bicyclic) bond motifs is 2. The first kappa shape index (κ1) is 18.5.